The fraction of sp³-hybridized carbons (Fsp3) is 0.769. The second kappa shape index (κ2) is 7.77. The molecule has 2 heterocycles. The van der Waals surface area contributed by atoms with Crippen LogP contribution in [0.3, 0.4) is 0 Å². The van der Waals surface area contributed by atoms with Gasteiger partial charge in [-0.25, -0.2) is 0 Å². The predicted octanol–water partition coefficient (Wildman–Crippen LogP) is 1.66. The molecule has 18 heavy (non-hydrogen) atoms. The van der Waals surface area contributed by atoms with E-state index in [1.165, 1.54) is 44.5 Å². The smallest absolute Gasteiger partial charge is 0.0534 e. The van der Waals surface area contributed by atoms with E-state index in [4.69, 9.17) is 0 Å². The number of nitrogens with one attached hydrogen (secondary N) is 1. The Hall–Kier alpha value is -0.580. The van der Waals surface area contributed by atoms with Gasteiger partial charge >= 0.3 is 0 Å². The summed E-state index contributed by atoms with van der Waals surface area (Å²) in [5.74, 6) is 0.875. The Morgan fingerprint density at radius 1 is 1.56 bits per heavy atom. The fourth-order valence-corrected chi connectivity index (χ4v) is 2.52. The molecular formula is C13H25ClN4. The quantitative estimate of drug-likeness (QED) is 0.885. The number of nitrogens with zero attached hydrogens (tertiary/aromatic N) is 3. The van der Waals surface area contributed by atoms with Crippen LogP contribution in [-0.2, 0) is 13.6 Å². The second-order valence-corrected chi connectivity index (χ2v) is 5.26. The van der Waals surface area contributed by atoms with Crippen molar-refractivity contribution in [2.75, 3.05) is 26.7 Å². The molecular weight excluding hydrogens is 248 g/mol. The lowest BCUT2D eigenvalue weighted by molar-refractivity contribution is 0.268. The maximum absolute atomic E-state index is 4.20. The van der Waals surface area contributed by atoms with Crippen molar-refractivity contribution in [2.45, 2.75) is 25.8 Å². The van der Waals surface area contributed by atoms with Crippen molar-refractivity contribution in [1.29, 1.82) is 0 Å². The molecule has 0 bridgehead atoms. The van der Waals surface area contributed by atoms with Gasteiger partial charge in [-0.3, -0.25) is 4.68 Å². The maximum atomic E-state index is 4.20. The molecule has 1 atom stereocenters. The Balaban J connectivity index is 0.00000162. The molecule has 2 rings (SSSR count). The fourth-order valence-electron chi connectivity index (χ4n) is 2.52. The van der Waals surface area contributed by atoms with Crippen LogP contribution >= 0.6 is 12.4 Å². The summed E-state index contributed by atoms with van der Waals surface area (Å²) in [5, 5.41) is 7.68. The number of rotatable bonds is 5. The summed E-state index contributed by atoms with van der Waals surface area (Å²) in [7, 11) is 4.17. The lowest BCUT2D eigenvalue weighted by atomic mass is 9.96. The van der Waals surface area contributed by atoms with E-state index in [0.717, 1.165) is 12.5 Å². The third-order valence-corrected chi connectivity index (χ3v) is 3.53. The normalized spacial score (nSPS) is 19.8. The summed E-state index contributed by atoms with van der Waals surface area (Å²) in [6.07, 6.45) is 8.10. The van der Waals surface area contributed by atoms with Crippen molar-refractivity contribution in [3.05, 3.63) is 18.0 Å². The van der Waals surface area contributed by atoms with Crippen molar-refractivity contribution in [1.82, 2.24) is 20.0 Å². The van der Waals surface area contributed by atoms with E-state index in [1.807, 2.05) is 17.9 Å². The second-order valence-electron chi connectivity index (χ2n) is 5.26. The predicted molar refractivity (Wildman–Crippen MR) is 77.0 cm³/mol. The zero-order chi connectivity index (χ0) is 12.1. The van der Waals surface area contributed by atoms with E-state index in [0.29, 0.717) is 0 Å². The van der Waals surface area contributed by atoms with Crippen LogP contribution in [0.4, 0.5) is 0 Å². The van der Waals surface area contributed by atoms with Gasteiger partial charge in [0.05, 0.1) is 6.20 Å². The molecule has 1 unspecified atom stereocenters. The average Bonchev–Trinajstić information content (AvgIpc) is 2.73. The zero-order valence-electron chi connectivity index (χ0n) is 11.4. The van der Waals surface area contributed by atoms with Gasteiger partial charge in [-0.05, 0) is 51.9 Å². The van der Waals surface area contributed by atoms with E-state index >= 15 is 0 Å². The molecule has 1 N–H and O–H groups in total. The molecule has 0 amide bonds. The highest BCUT2D eigenvalue weighted by atomic mass is 35.5. The molecule has 5 heteroatoms. The average molecular weight is 273 g/mol. The van der Waals surface area contributed by atoms with Crippen LogP contribution in [0.25, 0.3) is 0 Å². The largest absolute Gasteiger partial charge is 0.316 e. The van der Waals surface area contributed by atoms with E-state index < -0.39 is 0 Å². The first-order valence-corrected chi connectivity index (χ1v) is 6.61. The summed E-state index contributed by atoms with van der Waals surface area (Å²) in [6.45, 7) is 4.61. The minimum atomic E-state index is 0. The maximum Gasteiger partial charge on any atom is 0.0534 e. The molecule has 0 aromatic carbocycles. The van der Waals surface area contributed by atoms with Crippen LogP contribution in [0.15, 0.2) is 12.4 Å². The van der Waals surface area contributed by atoms with Gasteiger partial charge in [0.1, 0.15) is 0 Å². The molecule has 4 nitrogen and oxygen atoms in total. The summed E-state index contributed by atoms with van der Waals surface area (Å²) >= 11 is 0. The Labute approximate surface area is 116 Å². The number of hydrogen-bond acceptors (Lipinski definition) is 3. The Bertz CT molecular complexity index is 333. The van der Waals surface area contributed by atoms with Crippen molar-refractivity contribution in [3.8, 4) is 0 Å². The molecule has 0 saturated carbocycles. The summed E-state index contributed by atoms with van der Waals surface area (Å²) in [6, 6.07) is 0. The Morgan fingerprint density at radius 2 is 2.39 bits per heavy atom. The molecule has 0 aliphatic carbocycles. The van der Waals surface area contributed by atoms with Gasteiger partial charge in [0.25, 0.3) is 0 Å². The monoisotopic (exact) mass is 272 g/mol. The summed E-state index contributed by atoms with van der Waals surface area (Å²) in [4.78, 5) is 2.39. The molecule has 1 aliphatic rings. The number of aryl methyl sites for hydroxylation is 1. The molecule has 0 spiro atoms. The molecule has 1 fully saturated rings. The molecule has 1 saturated heterocycles. The van der Waals surface area contributed by atoms with Crippen LogP contribution in [0.5, 0.6) is 0 Å². The number of hydrogen-bond donors (Lipinski definition) is 1. The van der Waals surface area contributed by atoms with Gasteiger partial charge in [-0.15, -0.1) is 12.4 Å². The Morgan fingerprint density at radius 3 is 3.00 bits per heavy atom. The van der Waals surface area contributed by atoms with Gasteiger partial charge in [-0.1, -0.05) is 0 Å². The van der Waals surface area contributed by atoms with E-state index in [1.54, 1.807) is 0 Å². The Kier molecular flexibility index (Phi) is 6.68. The van der Waals surface area contributed by atoms with Crippen LogP contribution < -0.4 is 5.32 Å². The minimum absolute atomic E-state index is 0. The number of aromatic nitrogens is 2. The lowest BCUT2D eigenvalue weighted by Crippen LogP contribution is -2.32. The molecule has 1 aromatic rings. The van der Waals surface area contributed by atoms with Crippen molar-refractivity contribution in [2.24, 2.45) is 13.0 Å². The van der Waals surface area contributed by atoms with Gasteiger partial charge in [0.15, 0.2) is 0 Å². The van der Waals surface area contributed by atoms with Crippen molar-refractivity contribution in [3.63, 3.8) is 0 Å². The molecule has 1 aliphatic heterocycles. The van der Waals surface area contributed by atoms with Gasteiger partial charge in [-0.2, -0.15) is 5.10 Å². The minimum Gasteiger partial charge on any atom is -0.316 e. The summed E-state index contributed by atoms with van der Waals surface area (Å²) < 4.78 is 1.87. The topological polar surface area (TPSA) is 33.1 Å². The number of halogens is 1. The molecule has 0 radical (unpaired) electrons. The highest BCUT2D eigenvalue weighted by molar-refractivity contribution is 5.85. The van der Waals surface area contributed by atoms with E-state index in [2.05, 4.69) is 28.6 Å². The van der Waals surface area contributed by atoms with Crippen LogP contribution in [0.2, 0.25) is 0 Å². The van der Waals surface area contributed by atoms with E-state index in [9.17, 15) is 0 Å². The molecule has 1 aromatic heterocycles. The third kappa shape index (κ3) is 4.96. The van der Waals surface area contributed by atoms with Crippen molar-refractivity contribution < 1.29 is 0 Å². The van der Waals surface area contributed by atoms with Gasteiger partial charge < -0.3 is 10.2 Å². The van der Waals surface area contributed by atoms with Gasteiger partial charge in [0, 0.05) is 25.4 Å². The molecule has 104 valence electrons. The van der Waals surface area contributed by atoms with Crippen LogP contribution in [0.1, 0.15) is 24.8 Å². The van der Waals surface area contributed by atoms with Crippen molar-refractivity contribution >= 4 is 12.4 Å². The van der Waals surface area contributed by atoms with Gasteiger partial charge in [0.2, 0.25) is 0 Å². The number of piperidine rings is 1. The van der Waals surface area contributed by atoms with E-state index in [-0.39, 0.29) is 12.4 Å². The summed E-state index contributed by atoms with van der Waals surface area (Å²) in [5.41, 5.74) is 1.30. The first-order valence-electron chi connectivity index (χ1n) is 6.61. The SMILES string of the molecule is CN(CCC1CCCNC1)Cc1cnn(C)c1.Cl. The van der Waals surface area contributed by atoms with Crippen LogP contribution in [-0.4, -0.2) is 41.4 Å². The lowest BCUT2D eigenvalue weighted by Gasteiger charge is -2.25. The van der Waals surface area contributed by atoms with Crippen LogP contribution in [0, 0.1) is 5.92 Å². The zero-order valence-corrected chi connectivity index (χ0v) is 12.2. The standard InChI is InChI=1S/C13H24N4.ClH/c1-16(10-13-9-15-17(2)11-13)7-5-12-4-3-6-14-8-12;/h9,11-12,14H,3-8,10H2,1-2H3;1H. The highest BCUT2D eigenvalue weighted by Crippen LogP contribution is 2.14. The first-order chi connectivity index (χ1) is 8.24. The third-order valence-electron chi connectivity index (χ3n) is 3.53. The first kappa shape index (κ1) is 15.5. The highest BCUT2D eigenvalue weighted by Gasteiger charge is 2.13.